The van der Waals surface area contributed by atoms with Crippen LogP contribution < -0.4 is 24.8 Å². The van der Waals surface area contributed by atoms with Crippen LogP contribution in [0.15, 0.2) is 60.2 Å². The van der Waals surface area contributed by atoms with Gasteiger partial charge < -0.3 is 24.8 Å². The van der Waals surface area contributed by atoms with E-state index in [1.165, 1.54) is 73.3 Å². The Hall–Kier alpha value is -0.543. The minimum atomic E-state index is 0. The maximum atomic E-state index is 3.12. The van der Waals surface area contributed by atoms with Crippen LogP contribution in [0.25, 0.3) is 21.5 Å². The monoisotopic (exact) mass is 692 g/mol. The van der Waals surface area contributed by atoms with E-state index in [1.54, 1.807) is 0 Å². The summed E-state index contributed by atoms with van der Waals surface area (Å²) in [7, 11) is 0. The fourth-order valence-corrected chi connectivity index (χ4v) is 4.22. The molecule has 0 spiro atoms. The molecule has 0 amide bonds. The summed E-state index contributed by atoms with van der Waals surface area (Å²) in [4.78, 5) is 0. The Kier molecular flexibility index (Phi) is 14.8. The van der Waals surface area contributed by atoms with Crippen molar-refractivity contribution in [2.45, 2.75) is 91.7 Å². The Morgan fingerprint density at radius 3 is 1.49 bits per heavy atom. The average Bonchev–Trinajstić information content (AvgIpc) is 3.38. The van der Waals surface area contributed by atoms with E-state index in [0.29, 0.717) is 0 Å². The SMILES string of the molecule is CC(C)(C)c1ccc2c(c1)[cH-]c1cc(C(C)(C)C)ccc12.CC1=[C-]CC=C1.CC[Si](=[Hf+2])CC.[Cl-].[Cl-]. The molecule has 35 heavy (non-hydrogen) atoms. The Labute approximate surface area is 242 Å². The van der Waals surface area contributed by atoms with Crippen LogP contribution in [0.3, 0.4) is 0 Å². The molecule has 0 unspecified atom stereocenters. The second-order valence-corrected chi connectivity index (χ2v) is 21.3. The van der Waals surface area contributed by atoms with Gasteiger partial charge in [-0.05, 0) is 10.8 Å². The zero-order valence-electron chi connectivity index (χ0n) is 23.1. The first-order chi connectivity index (χ1) is 15.4. The number of rotatable bonds is 2. The van der Waals surface area contributed by atoms with E-state index in [9.17, 15) is 0 Å². The normalized spacial score (nSPS) is 12.6. The molecule has 0 aromatic heterocycles. The Morgan fingerprint density at radius 1 is 0.829 bits per heavy atom. The van der Waals surface area contributed by atoms with Crippen molar-refractivity contribution in [3.8, 4) is 0 Å². The molecule has 0 saturated heterocycles. The third-order valence-electron chi connectivity index (χ3n) is 6.16. The third kappa shape index (κ3) is 10.4. The van der Waals surface area contributed by atoms with Crippen LogP contribution in [-0.4, -0.2) is 5.49 Å². The van der Waals surface area contributed by atoms with Crippen molar-refractivity contribution in [3.63, 3.8) is 0 Å². The van der Waals surface area contributed by atoms with Gasteiger partial charge in [-0.15, -0.1) is 46.2 Å². The first-order valence-electron chi connectivity index (χ1n) is 12.3. The summed E-state index contributed by atoms with van der Waals surface area (Å²) < 4.78 is 0. The number of hydrogen-bond acceptors (Lipinski definition) is 0. The molecule has 0 aliphatic heterocycles. The average molecular weight is 692 g/mol. The van der Waals surface area contributed by atoms with Gasteiger partial charge in [-0.25, -0.2) is 11.6 Å². The Morgan fingerprint density at radius 2 is 1.26 bits per heavy atom. The van der Waals surface area contributed by atoms with Gasteiger partial charge in [0.05, 0.1) is 0 Å². The van der Waals surface area contributed by atoms with E-state index in [0.717, 1.165) is 6.42 Å². The molecule has 0 N–H and O–H groups in total. The molecule has 0 saturated carbocycles. The molecule has 1 aliphatic rings. The predicted octanol–water partition coefficient (Wildman–Crippen LogP) is 3.58. The topological polar surface area (TPSA) is 0 Å². The van der Waals surface area contributed by atoms with E-state index in [2.05, 4.69) is 123 Å². The second kappa shape index (κ2) is 15.0. The summed E-state index contributed by atoms with van der Waals surface area (Å²) in [5, 5.41) is 5.48. The van der Waals surface area contributed by atoms with Crippen molar-refractivity contribution < 1.29 is 47.8 Å². The molecule has 0 nitrogen and oxygen atoms in total. The van der Waals surface area contributed by atoms with Gasteiger partial charge in [0.15, 0.2) is 0 Å². The molecule has 4 heteroatoms. The minimum Gasteiger partial charge on any atom is -1.00 e. The molecule has 0 heterocycles. The van der Waals surface area contributed by atoms with Gasteiger partial charge in [0.2, 0.25) is 0 Å². The molecular formula is C31H42Cl2HfSi-2. The van der Waals surface area contributed by atoms with E-state index < -0.39 is 0 Å². The second-order valence-electron chi connectivity index (χ2n) is 11.0. The molecule has 190 valence electrons. The molecular weight excluding hydrogens is 650 g/mol. The first kappa shape index (κ1) is 34.5. The van der Waals surface area contributed by atoms with Crippen LogP contribution >= 0.6 is 0 Å². The predicted molar refractivity (Wildman–Crippen MR) is 147 cm³/mol. The summed E-state index contributed by atoms with van der Waals surface area (Å²) in [5.41, 5.74) is 4.76. The van der Waals surface area contributed by atoms with Crippen LogP contribution in [0.2, 0.25) is 12.1 Å². The molecule has 1 aliphatic carbocycles. The standard InChI is InChI=1S/C21H25.C6H7.C4H10Si.2ClH.Hf/c1-20(2,3)16-7-9-18-14(12-16)11-15-13-17(21(4,5)6)8-10-19(15)18;1-6-4-2-3-5-6;1-3-5-4-2;;;/h7-13H,1-6H3;2,4H,3H2,1H3;3-4H2,1-2H3;2*1H;/q2*-1;;;;+2/p-2. The number of allylic oxidation sites excluding steroid dienone is 4. The summed E-state index contributed by atoms with van der Waals surface area (Å²) in [6, 6.07) is 19.2. The number of benzene rings is 2. The summed E-state index contributed by atoms with van der Waals surface area (Å²) >= 11 is 1.49. The zero-order valence-corrected chi connectivity index (χ0v) is 29.2. The maximum Gasteiger partial charge on any atom is -1.00 e. The molecule has 0 fully saturated rings. The van der Waals surface area contributed by atoms with Gasteiger partial charge in [-0.2, -0.15) is 6.08 Å². The van der Waals surface area contributed by atoms with Gasteiger partial charge in [-0.1, -0.05) is 83.9 Å². The quantitative estimate of drug-likeness (QED) is 0.285. The van der Waals surface area contributed by atoms with Crippen molar-refractivity contribution in [2.24, 2.45) is 0 Å². The Balaban J connectivity index is 0.000000688. The molecule has 3 aromatic rings. The van der Waals surface area contributed by atoms with E-state index in [-0.39, 0.29) is 41.1 Å². The molecule has 0 atom stereocenters. The number of fused-ring (bicyclic) bond motifs is 3. The largest absolute Gasteiger partial charge is 1.00 e. The summed E-state index contributed by atoms with van der Waals surface area (Å²) in [6.45, 7) is 20.3. The Bertz CT molecular complexity index is 1080. The van der Waals surface area contributed by atoms with Gasteiger partial charge in [0.25, 0.3) is 0 Å². The van der Waals surface area contributed by atoms with E-state index >= 15 is 0 Å². The van der Waals surface area contributed by atoms with Crippen LogP contribution in [-0.2, 0) is 33.8 Å². The summed E-state index contributed by atoms with van der Waals surface area (Å²) in [5.74, 6) is 0. The van der Waals surface area contributed by atoms with Crippen molar-refractivity contribution >= 4 is 27.0 Å². The fraction of sp³-hybridized carbons (Fsp3) is 0.452. The third-order valence-corrected chi connectivity index (χ3v) is 15.5. The fourth-order valence-electron chi connectivity index (χ4n) is 3.72. The maximum absolute atomic E-state index is 3.12. The molecule has 0 bridgehead atoms. The zero-order chi connectivity index (χ0) is 24.8. The van der Waals surface area contributed by atoms with Crippen molar-refractivity contribution in [3.05, 3.63) is 77.4 Å². The minimum absolute atomic E-state index is 0. The van der Waals surface area contributed by atoms with Crippen molar-refractivity contribution in [2.75, 3.05) is 0 Å². The van der Waals surface area contributed by atoms with E-state index in [4.69, 9.17) is 0 Å². The summed E-state index contributed by atoms with van der Waals surface area (Å²) in [6.07, 6.45) is 8.33. The van der Waals surface area contributed by atoms with Gasteiger partial charge in [0, 0.05) is 0 Å². The van der Waals surface area contributed by atoms with Gasteiger partial charge in [-0.3, -0.25) is 6.08 Å². The van der Waals surface area contributed by atoms with Crippen LogP contribution in [0, 0.1) is 6.08 Å². The van der Waals surface area contributed by atoms with Crippen LogP contribution in [0.5, 0.6) is 0 Å². The number of hydrogen-bond donors (Lipinski definition) is 0. The molecule has 0 radical (unpaired) electrons. The molecule has 3 aromatic carbocycles. The first-order valence-corrected chi connectivity index (χ1v) is 19.6. The van der Waals surface area contributed by atoms with Crippen molar-refractivity contribution in [1.82, 2.24) is 0 Å². The smallest absolute Gasteiger partial charge is 1.00 e. The van der Waals surface area contributed by atoms with Crippen LogP contribution in [0.4, 0.5) is 0 Å². The van der Waals surface area contributed by atoms with Gasteiger partial charge >= 0.3 is 54.4 Å². The van der Waals surface area contributed by atoms with Crippen molar-refractivity contribution in [1.29, 1.82) is 0 Å². The van der Waals surface area contributed by atoms with E-state index in [1.807, 2.05) is 0 Å². The van der Waals surface area contributed by atoms with Crippen LogP contribution in [0.1, 0.15) is 79.9 Å². The molecule has 4 rings (SSSR count). The number of halogens is 2. The van der Waals surface area contributed by atoms with Gasteiger partial charge in [0.1, 0.15) is 0 Å².